The van der Waals surface area contributed by atoms with Gasteiger partial charge in [-0.25, -0.2) is 4.98 Å². The minimum absolute atomic E-state index is 0.0932. The molecule has 3 amide bonds. The van der Waals surface area contributed by atoms with Crippen LogP contribution >= 0.6 is 0 Å². The highest BCUT2D eigenvalue weighted by Crippen LogP contribution is 2.43. The van der Waals surface area contributed by atoms with Crippen LogP contribution in [0.25, 0.3) is 22.2 Å². The summed E-state index contributed by atoms with van der Waals surface area (Å²) in [5.74, 6) is -7.68. The fourth-order valence-corrected chi connectivity index (χ4v) is 7.95. The average molecular weight is 796 g/mol. The lowest BCUT2D eigenvalue weighted by molar-refractivity contribution is -0.292. The summed E-state index contributed by atoms with van der Waals surface area (Å²) in [6.07, 6.45) is 1.11. The molecule has 306 valence electrons. The maximum absolute atomic E-state index is 14.0. The molecule has 1 unspecified atom stereocenters. The van der Waals surface area contributed by atoms with Crippen LogP contribution in [0.4, 0.5) is 27.6 Å². The normalized spacial score (nSPS) is 20.9. The predicted octanol–water partition coefficient (Wildman–Crippen LogP) is 7.23. The number of imidazole rings is 1. The van der Waals surface area contributed by atoms with Gasteiger partial charge in [-0.2, -0.15) is 22.0 Å². The van der Waals surface area contributed by atoms with Gasteiger partial charge in [-0.3, -0.25) is 14.4 Å². The first-order valence-electron chi connectivity index (χ1n) is 19.5. The fourth-order valence-electron chi connectivity index (χ4n) is 7.95. The SMILES string of the molecule is Cc1cc(C(=O)NC2CCC(N(C)C)CC2)ccc1-c1ccc(CC(NC(=O)C2CCC(CN)CC2)C(=O)Nc2ccc3nc(C(F)(F)C(F)(F)F)[nH]c3c2)cc1. The molecule has 1 aromatic heterocycles. The number of rotatable bonds is 12. The zero-order valence-corrected chi connectivity index (χ0v) is 32.3. The third-order valence-electron chi connectivity index (χ3n) is 11.5. The van der Waals surface area contributed by atoms with E-state index in [1.807, 2.05) is 54.4 Å². The van der Waals surface area contributed by atoms with Crippen molar-refractivity contribution in [2.45, 2.75) is 94.9 Å². The molecule has 0 bridgehead atoms. The maximum atomic E-state index is 14.0. The highest BCUT2D eigenvalue weighted by atomic mass is 19.4. The number of aromatic nitrogens is 2. The zero-order chi connectivity index (χ0) is 41.1. The molecule has 15 heteroatoms. The van der Waals surface area contributed by atoms with Crippen molar-refractivity contribution in [3.05, 3.63) is 83.2 Å². The number of benzene rings is 3. The molecule has 2 saturated carbocycles. The van der Waals surface area contributed by atoms with E-state index in [0.29, 0.717) is 36.9 Å². The topological polar surface area (TPSA) is 145 Å². The first-order chi connectivity index (χ1) is 27.0. The van der Waals surface area contributed by atoms with Gasteiger partial charge in [-0.05, 0) is 137 Å². The van der Waals surface area contributed by atoms with Crippen LogP contribution in [0.3, 0.4) is 0 Å². The molecule has 1 atom stereocenters. The van der Waals surface area contributed by atoms with E-state index in [9.17, 15) is 36.3 Å². The van der Waals surface area contributed by atoms with Gasteiger partial charge in [0.05, 0.1) is 11.0 Å². The number of amides is 3. The monoisotopic (exact) mass is 795 g/mol. The molecular weight excluding hydrogens is 745 g/mol. The number of H-pyrrole nitrogens is 1. The Morgan fingerprint density at radius 1 is 0.895 bits per heavy atom. The highest BCUT2D eigenvalue weighted by Gasteiger charge is 2.61. The number of nitrogens with zero attached hydrogens (tertiary/aromatic N) is 2. The molecule has 2 aliphatic rings. The van der Waals surface area contributed by atoms with Crippen LogP contribution in [0.1, 0.15) is 78.7 Å². The van der Waals surface area contributed by atoms with E-state index in [4.69, 9.17) is 5.73 Å². The number of alkyl halides is 5. The third kappa shape index (κ3) is 9.81. The van der Waals surface area contributed by atoms with Gasteiger partial charge in [0.15, 0.2) is 5.82 Å². The van der Waals surface area contributed by atoms with E-state index in [0.717, 1.165) is 60.8 Å². The Hall–Kier alpha value is -4.89. The summed E-state index contributed by atoms with van der Waals surface area (Å²) in [6, 6.07) is 16.6. The Bertz CT molecular complexity index is 2050. The van der Waals surface area contributed by atoms with Gasteiger partial charge >= 0.3 is 12.1 Å². The minimum atomic E-state index is -5.85. The number of carbonyl (C=O) groups is 3. The summed E-state index contributed by atoms with van der Waals surface area (Å²) >= 11 is 0. The van der Waals surface area contributed by atoms with Crippen LogP contribution in [0.15, 0.2) is 60.7 Å². The summed E-state index contributed by atoms with van der Waals surface area (Å²) < 4.78 is 66.9. The van der Waals surface area contributed by atoms with Gasteiger partial charge in [0.2, 0.25) is 11.8 Å². The lowest BCUT2D eigenvalue weighted by Crippen LogP contribution is -2.48. The standard InChI is InChI=1S/C42H50F5N7O3/c1-24-20-29(38(56)49-30-13-16-32(17-14-30)54(2)3)12-18-33(24)27-8-4-25(5-9-27)21-36(51-37(55)28-10-6-26(23-48)7-11-28)39(57)50-31-15-19-34-35(22-31)53-40(52-34)41(43,44)42(45,46)47/h4-5,8-9,12,15,18-20,22,26,28,30,32,36H,6-7,10-11,13-14,16-17,21,23,48H2,1-3H3,(H,49,56)(H,50,57)(H,51,55)(H,52,53). The second kappa shape index (κ2) is 17.3. The van der Waals surface area contributed by atoms with E-state index in [-0.39, 0.29) is 46.9 Å². The van der Waals surface area contributed by atoms with E-state index in [1.165, 1.54) is 18.2 Å². The summed E-state index contributed by atoms with van der Waals surface area (Å²) in [6.45, 7) is 2.49. The van der Waals surface area contributed by atoms with Crippen LogP contribution in [0, 0.1) is 18.8 Å². The number of aryl methyl sites for hydroxylation is 1. The average Bonchev–Trinajstić information content (AvgIpc) is 3.62. The van der Waals surface area contributed by atoms with Crippen LogP contribution in [0.5, 0.6) is 0 Å². The molecule has 57 heavy (non-hydrogen) atoms. The molecular formula is C42H50F5N7O3. The lowest BCUT2D eigenvalue weighted by Gasteiger charge is -2.33. The number of nitrogens with two attached hydrogens (primary N) is 1. The Kier molecular flexibility index (Phi) is 12.7. The van der Waals surface area contributed by atoms with E-state index in [1.54, 1.807) is 0 Å². The Morgan fingerprint density at radius 2 is 1.58 bits per heavy atom. The third-order valence-corrected chi connectivity index (χ3v) is 11.5. The molecule has 0 saturated heterocycles. The number of hydrogen-bond acceptors (Lipinski definition) is 6. The van der Waals surface area contributed by atoms with Gasteiger partial charge in [-0.1, -0.05) is 30.3 Å². The van der Waals surface area contributed by atoms with Crippen LogP contribution in [-0.4, -0.2) is 77.5 Å². The number of anilines is 1. The second-order valence-corrected chi connectivity index (χ2v) is 15.8. The van der Waals surface area contributed by atoms with Crippen molar-refractivity contribution in [2.75, 3.05) is 26.0 Å². The van der Waals surface area contributed by atoms with Gasteiger partial charge in [0.1, 0.15) is 6.04 Å². The summed E-state index contributed by atoms with van der Waals surface area (Å²) in [5.41, 5.74) is 9.76. The molecule has 6 N–H and O–H groups in total. The number of hydrogen-bond donors (Lipinski definition) is 5. The van der Waals surface area contributed by atoms with Crippen LogP contribution < -0.4 is 21.7 Å². The number of halogens is 5. The van der Waals surface area contributed by atoms with Crippen LogP contribution in [-0.2, 0) is 21.9 Å². The van der Waals surface area contributed by atoms with E-state index < -0.39 is 29.9 Å². The molecule has 0 radical (unpaired) electrons. The van der Waals surface area contributed by atoms with Crippen molar-refractivity contribution in [3.8, 4) is 11.1 Å². The van der Waals surface area contributed by atoms with Gasteiger partial charge in [0, 0.05) is 35.7 Å². The van der Waals surface area contributed by atoms with Gasteiger partial charge in [0.25, 0.3) is 5.91 Å². The summed E-state index contributed by atoms with van der Waals surface area (Å²) in [7, 11) is 4.17. The number of fused-ring (bicyclic) bond motifs is 1. The van der Waals surface area contributed by atoms with Crippen molar-refractivity contribution >= 4 is 34.4 Å². The largest absolute Gasteiger partial charge is 0.461 e. The van der Waals surface area contributed by atoms with E-state index >= 15 is 0 Å². The Morgan fingerprint density at radius 3 is 2.19 bits per heavy atom. The maximum Gasteiger partial charge on any atom is 0.461 e. The smallest absolute Gasteiger partial charge is 0.349 e. The quantitative estimate of drug-likeness (QED) is 0.0958. The molecule has 0 spiro atoms. The van der Waals surface area contributed by atoms with E-state index in [2.05, 4.69) is 39.9 Å². The van der Waals surface area contributed by atoms with Crippen LogP contribution in [0.2, 0.25) is 0 Å². The van der Waals surface area contributed by atoms with Gasteiger partial charge < -0.3 is 31.6 Å². The molecule has 3 aromatic carbocycles. The molecule has 2 aliphatic carbocycles. The number of aromatic amines is 1. The molecule has 1 heterocycles. The Balaban J connectivity index is 1.15. The zero-order valence-electron chi connectivity index (χ0n) is 32.3. The van der Waals surface area contributed by atoms with Crippen molar-refractivity contribution in [2.24, 2.45) is 17.6 Å². The summed E-state index contributed by atoms with van der Waals surface area (Å²) in [5, 5.41) is 8.79. The van der Waals surface area contributed by atoms with Gasteiger partial charge in [-0.15, -0.1) is 0 Å². The summed E-state index contributed by atoms with van der Waals surface area (Å²) in [4.78, 5) is 48.1. The van der Waals surface area contributed by atoms with Crippen molar-refractivity contribution in [3.63, 3.8) is 0 Å². The molecule has 2 fully saturated rings. The molecule has 4 aromatic rings. The van der Waals surface area contributed by atoms with Crippen molar-refractivity contribution in [1.82, 2.24) is 25.5 Å². The number of carbonyl (C=O) groups excluding carboxylic acids is 3. The number of nitrogens with one attached hydrogen (secondary N) is 4. The van der Waals surface area contributed by atoms with Crippen molar-refractivity contribution in [1.29, 1.82) is 0 Å². The van der Waals surface area contributed by atoms with Crippen molar-refractivity contribution < 1.29 is 36.3 Å². The molecule has 6 rings (SSSR count). The predicted molar refractivity (Wildman–Crippen MR) is 209 cm³/mol. The Labute approximate surface area is 328 Å². The molecule has 0 aliphatic heterocycles. The minimum Gasteiger partial charge on any atom is -0.349 e. The lowest BCUT2D eigenvalue weighted by atomic mass is 9.81. The first-order valence-corrected chi connectivity index (χ1v) is 19.5. The second-order valence-electron chi connectivity index (χ2n) is 15.8. The first kappa shape index (κ1) is 41.7. The fraction of sp³-hybridized carbons (Fsp3) is 0.476. The molecule has 10 nitrogen and oxygen atoms in total. The highest BCUT2D eigenvalue weighted by molar-refractivity contribution is 5.99.